The molecule has 5 nitrogen and oxygen atoms in total. The van der Waals surface area contributed by atoms with Crippen LogP contribution in [0.4, 0.5) is 0 Å². The van der Waals surface area contributed by atoms with E-state index >= 15 is 0 Å². The third-order valence-electron chi connectivity index (χ3n) is 3.93. The van der Waals surface area contributed by atoms with Crippen LogP contribution >= 0.6 is 11.3 Å². The first kappa shape index (κ1) is 16.6. The molecule has 1 amide bonds. The molecular formula is C16H22N4OS. The summed E-state index contributed by atoms with van der Waals surface area (Å²) < 4.78 is 0. The number of pyridine rings is 1. The van der Waals surface area contributed by atoms with Gasteiger partial charge in [0.15, 0.2) is 0 Å². The average Bonchev–Trinajstić information content (AvgIpc) is 3.02. The Labute approximate surface area is 135 Å². The second-order valence-corrected chi connectivity index (χ2v) is 6.13. The molecule has 0 saturated carbocycles. The number of nitrogens with one attached hydrogen (secondary N) is 1. The summed E-state index contributed by atoms with van der Waals surface area (Å²) in [4.78, 5) is 21.0. The highest BCUT2D eigenvalue weighted by Gasteiger charge is 2.26. The molecule has 2 heterocycles. The fraction of sp³-hybridized carbons (Fsp3) is 0.438. The first-order valence-corrected chi connectivity index (χ1v) is 8.37. The lowest BCUT2D eigenvalue weighted by Crippen LogP contribution is -2.53. The molecule has 0 aliphatic rings. The molecule has 0 aromatic carbocycles. The summed E-state index contributed by atoms with van der Waals surface area (Å²) in [7, 11) is 0. The number of carbonyl (C=O) groups is 1. The van der Waals surface area contributed by atoms with Crippen molar-refractivity contribution in [1.82, 2.24) is 15.3 Å². The van der Waals surface area contributed by atoms with Crippen LogP contribution in [-0.2, 0) is 11.2 Å². The predicted molar refractivity (Wildman–Crippen MR) is 89.6 cm³/mol. The molecule has 0 aliphatic carbocycles. The van der Waals surface area contributed by atoms with Gasteiger partial charge < -0.3 is 11.1 Å². The van der Waals surface area contributed by atoms with E-state index in [1.54, 1.807) is 6.20 Å². The first-order valence-electron chi connectivity index (χ1n) is 7.49. The molecule has 3 N–H and O–H groups in total. The van der Waals surface area contributed by atoms with Crippen LogP contribution in [-0.4, -0.2) is 28.0 Å². The Morgan fingerprint density at radius 1 is 1.36 bits per heavy atom. The van der Waals surface area contributed by atoms with Crippen molar-refractivity contribution in [2.45, 2.75) is 38.6 Å². The van der Waals surface area contributed by atoms with Crippen molar-refractivity contribution in [2.75, 3.05) is 6.54 Å². The van der Waals surface area contributed by atoms with Crippen molar-refractivity contribution in [3.05, 3.63) is 35.5 Å². The monoisotopic (exact) mass is 318 g/mol. The molecule has 0 spiro atoms. The minimum Gasteiger partial charge on any atom is -0.349 e. The summed E-state index contributed by atoms with van der Waals surface area (Å²) >= 11 is 1.50. The number of amides is 1. The predicted octanol–water partition coefficient (Wildman–Crippen LogP) is 2.38. The molecule has 0 fully saturated rings. The average molecular weight is 318 g/mol. The van der Waals surface area contributed by atoms with Gasteiger partial charge >= 0.3 is 0 Å². The highest BCUT2D eigenvalue weighted by atomic mass is 32.1. The largest absolute Gasteiger partial charge is 0.349 e. The normalized spacial score (nSPS) is 11.4. The van der Waals surface area contributed by atoms with E-state index in [0.29, 0.717) is 6.54 Å². The summed E-state index contributed by atoms with van der Waals surface area (Å²) in [5, 5.41) is 5.80. The highest BCUT2D eigenvalue weighted by Crippen LogP contribution is 2.21. The van der Waals surface area contributed by atoms with Crippen LogP contribution in [0.5, 0.6) is 0 Å². The zero-order chi connectivity index (χ0) is 16.0. The molecule has 6 heteroatoms. The van der Waals surface area contributed by atoms with Crippen molar-refractivity contribution < 1.29 is 4.79 Å². The summed E-state index contributed by atoms with van der Waals surface area (Å²) in [6.45, 7) is 4.53. The van der Waals surface area contributed by atoms with Gasteiger partial charge in [0.2, 0.25) is 5.91 Å². The van der Waals surface area contributed by atoms with Gasteiger partial charge in [-0.3, -0.25) is 9.78 Å². The number of hydrogen-bond acceptors (Lipinski definition) is 5. The number of aromatic nitrogens is 2. The summed E-state index contributed by atoms with van der Waals surface area (Å²) in [5.74, 6) is -0.0352. The summed E-state index contributed by atoms with van der Waals surface area (Å²) in [6, 6.07) is 5.71. The maximum Gasteiger partial charge on any atom is 0.226 e. The van der Waals surface area contributed by atoms with Crippen LogP contribution in [0.25, 0.3) is 10.7 Å². The third kappa shape index (κ3) is 3.90. The maximum absolute atomic E-state index is 12.2. The van der Waals surface area contributed by atoms with Crippen molar-refractivity contribution >= 4 is 17.2 Å². The Hall–Kier alpha value is -1.79. The van der Waals surface area contributed by atoms with Crippen LogP contribution in [0, 0.1) is 0 Å². The van der Waals surface area contributed by atoms with E-state index in [0.717, 1.165) is 29.2 Å². The molecule has 2 aromatic heterocycles. The SMILES string of the molecule is CCC(CC)(CN)NC(=O)Cc1csc(-c2ccccn2)n1. The zero-order valence-electron chi connectivity index (χ0n) is 13.0. The number of carbonyl (C=O) groups excluding carboxylic acids is 1. The van der Waals surface area contributed by atoms with Crippen LogP contribution < -0.4 is 11.1 Å². The van der Waals surface area contributed by atoms with Gasteiger partial charge in [-0.05, 0) is 25.0 Å². The molecule has 0 unspecified atom stereocenters. The van der Waals surface area contributed by atoms with E-state index in [2.05, 4.69) is 15.3 Å². The number of nitrogens with zero attached hydrogens (tertiary/aromatic N) is 2. The Bertz CT molecular complexity index is 599. The molecule has 0 saturated heterocycles. The van der Waals surface area contributed by atoms with E-state index < -0.39 is 0 Å². The summed E-state index contributed by atoms with van der Waals surface area (Å²) in [6.07, 6.45) is 3.65. The van der Waals surface area contributed by atoms with E-state index in [1.807, 2.05) is 37.4 Å². The van der Waals surface area contributed by atoms with Crippen molar-refractivity contribution in [3.8, 4) is 10.7 Å². The topological polar surface area (TPSA) is 80.9 Å². The summed E-state index contributed by atoms with van der Waals surface area (Å²) in [5.41, 5.74) is 7.10. The Morgan fingerprint density at radius 2 is 2.14 bits per heavy atom. The van der Waals surface area contributed by atoms with Gasteiger partial charge in [-0.1, -0.05) is 19.9 Å². The van der Waals surface area contributed by atoms with E-state index in [1.165, 1.54) is 11.3 Å². The molecule has 22 heavy (non-hydrogen) atoms. The first-order chi connectivity index (χ1) is 10.6. The number of nitrogens with two attached hydrogens (primary N) is 1. The minimum absolute atomic E-state index is 0.0352. The van der Waals surface area contributed by atoms with Crippen LogP contribution in [0.3, 0.4) is 0 Å². The second-order valence-electron chi connectivity index (χ2n) is 5.28. The lowest BCUT2D eigenvalue weighted by Gasteiger charge is -2.31. The van der Waals surface area contributed by atoms with Crippen molar-refractivity contribution in [1.29, 1.82) is 0 Å². The quantitative estimate of drug-likeness (QED) is 0.821. The Balaban J connectivity index is 2.02. The van der Waals surface area contributed by atoms with Crippen LogP contribution in [0.1, 0.15) is 32.4 Å². The Kier molecular flexibility index (Phi) is 5.63. The molecule has 0 aliphatic heterocycles. The fourth-order valence-corrected chi connectivity index (χ4v) is 3.06. The minimum atomic E-state index is -0.309. The van der Waals surface area contributed by atoms with Crippen molar-refractivity contribution in [2.24, 2.45) is 5.73 Å². The van der Waals surface area contributed by atoms with Crippen LogP contribution in [0.2, 0.25) is 0 Å². The second kappa shape index (κ2) is 7.47. The molecule has 0 bridgehead atoms. The Morgan fingerprint density at radius 3 is 2.73 bits per heavy atom. The van der Waals surface area contributed by atoms with Gasteiger partial charge in [0.1, 0.15) is 5.01 Å². The number of rotatable bonds is 7. The third-order valence-corrected chi connectivity index (χ3v) is 4.84. The number of thiazole rings is 1. The van der Waals surface area contributed by atoms with E-state index in [4.69, 9.17) is 5.73 Å². The molecule has 2 rings (SSSR count). The molecular weight excluding hydrogens is 296 g/mol. The van der Waals surface area contributed by atoms with E-state index in [-0.39, 0.29) is 17.9 Å². The maximum atomic E-state index is 12.2. The lowest BCUT2D eigenvalue weighted by atomic mass is 9.92. The van der Waals surface area contributed by atoms with Crippen molar-refractivity contribution in [3.63, 3.8) is 0 Å². The van der Waals surface area contributed by atoms with Gasteiger partial charge in [0, 0.05) is 18.1 Å². The molecule has 2 aromatic rings. The molecule has 118 valence electrons. The lowest BCUT2D eigenvalue weighted by molar-refractivity contribution is -0.122. The smallest absolute Gasteiger partial charge is 0.226 e. The number of hydrogen-bond donors (Lipinski definition) is 2. The highest BCUT2D eigenvalue weighted by molar-refractivity contribution is 7.13. The fourth-order valence-electron chi connectivity index (χ4n) is 2.27. The van der Waals surface area contributed by atoms with Gasteiger partial charge in [-0.25, -0.2) is 4.98 Å². The van der Waals surface area contributed by atoms with E-state index in [9.17, 15) is 4.79 Å². The van der Waals surface area contributed by atoms with Gasteiger partial charge in [0.25, 0.3) is 0 Å². The zero-order valence-corrected chi connectivity index (χ0v) is 13.8. The van der Waals surface area contributed by atoms with Gasteiger partial charge in [-0.2, -0.15) is 0 Å². The molecule has 0 atom stereocenters. The van der Waals surface area contributed by atoms with Crippen LogP contribution in [0.15, 0.2) is 29.8 Å². The standard InChI is InChI=1S/C16H22N4OS/c1-3-16(4-2,11-17)20-14(21)9-12-10-22-15(19-12)13-7-5-6-8-18-13/h5-8,10H,3-4,9,11,17H2,1-2H3,(H,20,21). The van der Waals surface area contributed by atoms with Gasteiger partial charge in [-0.15, -0.1) is 11.3 Å². The molecule has 0 radical (unpaired) electrons. The van der Waals surface area contributed by atoms with Gasteiger partial charge in [0.05, 0.1) is 23.3 Å².